The van der Waals surface area contributed by atoms with E-state index >= 15 is 0 Å². The maximum atomic E-state index is 11.6. The normalized spacial score (nSPS) is 14.9. The van der Waals surface area contributed by atoms with Crippen LogP contribution in [-0.4, -0.2) is 74.4 Å². The molecule has 0 rings (SSSR count). The Morgan fingerprint density at radius 1 is 0.727 bits per heavy atom. The molecule has 2 atom stereocenters. The van der Waals surface area contributed by atoms with Crippen LogP contribution in [0.25, 0.3) is 0 Å². The monoisotopic (exact) mass is 470 g/mol. The van der Waals surface area contributed by atoms with Gasteiger partial charge in [0.1, 0.15) is 13.2 Å². The van der Waals surface area contributed by atoms with Crippen LogP contribution < -0.4 is 0 Å². The van der Waals surface area contributed by atoms with Gasteiger partial charge in [0.2, 0.25) is 0 Å². The van der Waals surface area contributed by atoms with Gasteiger partial charge in [0.05, 0.1) is 31.8 Å². The van der Waals surface area contributed by atoms with Gasteiger partial charge in [-0.2, -0.15) is 0 Å². The molecule has 2 N–H and O–H groups in total. The third-order valence-corrected chi connectivity index (χ3v) is 5.21. The number of aliphatic hydroxyl groups is 2. The fourth-order valence-corrected chi connectivity index (χ4v) is 2.57. The Balaban J connectivity index is 5.46. The summed E-state index contributed by atoms with van der Waals surface area (Å²) in [6, 6.07) is 0. The van der Waals surface area contributed by atoms with Gasteiger partial charge in [-0.1, -0.05) is 40.2 Å². The van der Waals surface area contributed by atoms with E-state index in [2.05, 4.69) is 26.3 Å². The minimum absolute atomic E-state index is 0.0522. The average molecular weight is 471 g/mol. The van der Waals surface area contributed by atoms with E-state index in [1.54, 1.807) is 0 Å². The van der Waals surface area contributed by atoms with Gasteiger partial charge in [-0.15, -0.1) is 0 Å². The van der Waals surface area contributed by atoms with Crippen LogP contribution in [0.4, 0.5) is 0 Å². The van der Waals surface area contributed by atoms with Crippen LogP contribution in [-0.2, 0) is 33.3 Å². The van der Waals surface area contributed by atoms with Crippen LogP contribution in [0.2, 0.25) is 0 Å². The molecule has 0 spiro atoms. The first-order valence-electron chi connectivity index (χ1n) is 10.7. The lowest BCUT2D eigenvalue weighted by Crippen LogP contribution is -2.42. The second-order valence-electron chi connectivity index (χ2n) is 7.70. The van der Waals surface area contributed by atoms with Gasteiger partial charge in [-0.05, 0) is 25.0 Å². The summed E-state index contributed by atoms with van der Waals surface area (Å²) >= 11 is 0. The van der Waals surface area contributed by atoms with Gasteiger partial charge < -0.3 is 33.9 Å². The molecule has 9 heteroatoms. The SMILES string of the molecule is C=CC(=O)OCC(CC)(COCC(CC)(COC(O)C=C)COC(O)C=C)COC(=O)C=C. The fraction of sp³-hybridized carbons (Fsp3) is 0.583. The third-order valence-electron chi connectivity index (χ3n) is 5.21. The molecule has 0 bridgehead atoms. The van der Waals surface area contributed by atoms with Crippen LogP contribution >= 0.6 is 0 Å². The maximum absolute atomic E-state index is 11.6. The summed E-state index contributed by atoms with van der Waals surface area (Å²) in [7, 11) is 0. The Kier molecular flexibility index (Phi) is 15.2. The van der Waals surface area contributed by atoms with Gasteiger partial charge in [0, 0.05) is 17.6 Å². The summed E-state index contributed by atoms with van der Waals surface area (Å²) in [6.07, 6.45) is 3.22. The molecule has 0 aliphatic rings. The minimum atomic E-state index is -1.17. The zero-order valence-electron chi connectivity index (χ0n) is 19.7. The number of carbonyl (C=O) groups is 2. The number of esters is 2. The molecule has 9 nitrogen and oxygen atoms in total. The van der Waals surface area contributed by atoms with Crippen LogP contribution in [0.1, 0.15) is 26.7 Å². The lowest BCUT2D eigenvalue weighted by molar-refractivity contribution is -0.167. The molecular formula is C24H38O9. The highest BCUT2D eigenvalue weighted by Gasteiger charge is 2.36. The molecule has 0 aromatic carbocycles. The highest BCUT2D eigenvalue weighted by molar-refractivity contribution is 5.81. The molecule has 0 aromatic rings. The zero-order valence-corrected chi connectivity index (χ0v) is 19.7. The predicted octanol–water partition coefficient (Wildman–Crippen LogP) is 2.30. The molecule has 0 saturated carbocycles. The van der Waals surface area contributed by atoms with E-state index in [0.717, 1.165) is 12.2 Å². The second-order valence-corrected chi connectivity index (χ2v) is 7.70. The molecule has 0 amide bonds. The van der Waals surface area contributed by atoms with Gasteiger partial charge >= 0.3 is 11.9 Å². The number of rotatable bonds is 20. The van der Waals surface area contributed by atoms with Gasteiger partial charge in [0.25, 0.3) is 0 Å². The Hall–Kier alpha value is -2.30. The number of hydrogen-bond donors (Lipinski definition) is 2. The van der Waals surface area contributed by atoms with Crippen LogP contribution in [0.5, 0.6) is 0 Å². The van der Waals surface area contributed by atoms with Crippen molar-refractivity contribution in [3.05, 3.63) is 50.6 Å². The largest absolute Gasteiger partial charge is 0.462 e. The minimum Gasteiger partial charge on any atom is -0.462 e. The van der Waals surface area contributed by atoms with Crippen molar-refractivity contribution in [3.8, 4) is 0 Å². The van der Waals surface area contributed by atoms with Crippen molar-refractivity contribution in [2.45, 2.75) is 39.3 Å². The molecule has 0 aliphatic carbocycles. The van der Waals surface area contributed by atoms with Crippen molar-refractivity contribution < 1.29 is 43.5 Å². The molecule has 0 radical (unpaired) electrons. The lowest BCUT2D eigenvalue weighted by atomic mass is 9.86. The van der Waals surface area contributed by atoms with E-state index in [-0.39, 0.29) is 39.6 Å². The van der Waals surface area contributed by atoms with Crippen molar-refractivity contribution in [1.29, 1.82) is 0 Å². The molecule has 188 valence electrons. The quantitative estimate of drug-likeness (QED) is 0.119. The highest BCUT2D eigenvalue weighted by Crippen LogP contribution is 2.29. The van der Waals surface area contributed by atoms with Crippen molar-refractivity contribution >= 4 is 11.9 Å². The first-order chi connectivity index (χ1) is 15.6. The number of aliphatic hydroxyl groups excluding tert-OH is 2. The first kappa shape index (κ1) is 30.7. The smallest absolute Gasteiger partial charge is 0.330 e. The Bertz CT molecular complexity index is 602. The summed E-state index contributed by atoms with van der Waals surface area (Å²) in [5.41, 5.74) is -1.55. The third kappa shape index (κ3) is 11.9. The maximum Gasteiger partial charge on any atom is 0.330 e. The zero-order chi connectivity index (χ0) is 25.3. The molecular weight excluding hydrogens is 432 g/mol. The molecule has 33 heavy (non-hydrogen) atoms. The summed E-state index contributed by atoms with van der Waals surface area (Å²) in [5, 5.41) is 19.4. The summed E-state index contributed by atoms with van der Waals surface area (Å²) < 4.78 is 27.3. The topological polar surface area (TPSA) is 121 Å². The van der Waals surface area contributed by atoms with Crippen molar-refractivity contribution in [1.82, 2.24) is 0 Å². The van der Waals surface area contributed by atoms with Crippen LogP contribution in [0.15, 0.2) is 50.6 Å². The van der Waals surface area contributed by atoms with Gasteiger partial charge in [-0.25, -0.2) is 9.59 Å². The second kappa shape index (κ2) is 16.3. The predicted molar refractivity (Wildman–Crippen MR) is 123 cm³/mol. The van der Waals surface area contributed by atoms with E-state index < -0.39 is 35.3 Å². The van der Waals surface area contributed by atoms with Crippen LogP contribution in [0.3, 0.4) is 0 Å². The summed E-state index contributed by atoms with van der Waals surface area (Å²) in [6.45, 7) is 17.6. The standard InChI is InChI=1S/C24H38O9/c1-7-19(25)30-15-23(11-5,16-31-20(26)8-2)13-29-14-24(12-6,17-32-21(27)9-3)18-33-22(28)10-4/h7-10,19-20,25-26H,1-4,11-18H2,5-6H3. The van der Waals surface area contributed by atoms with Crippen molar-refractivity contribution in [2.24, 2.45) is 10.8 Å². The summed E-state index contributed by atoms with van der Waals surface area (Å²) in [5.74, 6) is -1.21. The fourth-order valence-electron chi connectivity index (χ4n) is 2.57. The number of ether oxygens (including phenoxy) is 5. The van der Waals surface area contributed by atoms with Crippen molar-refractivity contribution in [3.63, 3.8) is 0 Å². The summed E-state index contributed by atoms with van der Waals surface area (Å²) in [4.78, 5) is 23.2. The molecule has 0 saturated heterocycles. The van der Waals surface area contributed by atoms with E-state index in [1.165, 1.54) is 12.2 Å². The lowest BCUT2D eigenvalue weighted by Gasteiger charge is -2.36. The average Bonchev–Trinajstić information content (AvgIpc) is 2.85. The molecule has 0 heterocycles. The molecule has 0 aromatic heterocycles. The highest BCUT2D eigenvalue weighted by atomic mass is 16.6. The number of carbonyl (C=O) groups excluding carboxylic acids is 2. The Morgan fingerprint density at radius 2 is 1.09 bits per heavy atom. The van der Waals surface area contributed by atoms with Crippen molar-refractivity contribution in [2.75, 3.05) is 39.6 Å². The number of hydrogen-bond acceptors (Lipinski definition) is 9. The Morgan fingerprint density at radius 3 is 1.39 bits per heavy atom. The van der Waals surface area contributed by atoms with E-state index in [4.69, 9.17) is 23.7 Å². The first-order valence-corrected chi connectivity index (χ1v) is 10.7. The molecule has 0 aliphatic heterocycles. The van der Waals surface area contributed by atoms with Gasteiger partial charge in [-0.3, -0.25) is 0 Å². The van der Waals surface area contributed by atoms with Gasteiger partial charge in [0.15, 0.2) is 12.6 Å². The molecule has 0 fully saturated rings. The van der Waals surface area contributed by atoms with E-state index in [9.17, 15) is 19.8 Å². The Labute approximate surface area is 196 Å². The molecule has 2 unspecified atom stereocenters. The van der Waals surface area contributed by atoms with Crippen LogP contribution in [0, 0.1) is 10.8 Å². The van der Waals surface area contributed by atoms with E-state index in [0.29, 0.717) is 12.8 Å². The van der Waals surface area contributed by atoms with E-state index in [1.807, 2.05) is 13.8 Å².